The summed E-state index contributed by atoms with van der Waals surface area (Å²) >= 11 is 0. The van der Waals surface area contributed by atoms with Crippen LogP contribution in [0.5, 0.6) is 0 Å². The first-order chi connectivity index (χ1) is 12.6. The Balaban J connectivity index is 1.73. The molecule has 0 spiro atoms. The van der Waals surface area contributed by atoms with Crippen molar-refractivity contribution in [2.24, 2.45) is 0 Å². The Morgan fingerprint density at radius 1 is 1.00 bits per heavy atom. The van der Waals surface area contributed by atoms with Crippen LogP contribution in [0.15, 0.2) is 60.7 Å². The lowest BCUT2D eigenvalue weighted by Crippen LogP contribution is -2.05. The van der Waals surface area contributed by atoms with Crippen molar-refractivity contribution in [2.45, 2.75) is 13.8 Å². The SMILES string of the molecule is CC(=O)Nc1cccc(-c2ccc3c(-c4ccc(C)cc4)[nH]nc3n2)c1. The highest BCUT2D eigenvalue weighted by Crippen LogP contribution is 2.28. The summed E-state index contributed by atoms with van der Waals surface area (Å²) in [4.78, 5) is 15.9. The number of amides is 1. The van der Waals surface area contributed by atoms with Crippen molar-refractivity contribution in [3.63, 3.8) is 0 Å². The minimum absolute atomic E-state index is 0.0967. The molecule has 0 saturated carbocycles. The fourth-order valence-electron chi connectivity index (χ4n) is 2.96. The van der Waals surface area contributed by atoms with E-state index in [1.54, 1.807) is 0 Å². The number of anilines is 1. The fraction of sp³-hybridized carbons (Fsp3) is 0.0952. The Bertz CT molecular complexity index is 1100. The van der Waals surface area contributed by atoms with Gasteiger partial charge < -0.3 is 5.32 Å². The van der Waals surface area contributed by atoms with Crippen LogP contribution in [0.3, 0.4) is 0 Å². The van der Waals surface area contributed by atoms with Gasteiger partial charge in [0.15, 0.2) is 5.65 Å². The Labute approximate surface area is 151 Å². The van der Waals surface area contributed by atoms with Gasteiger partial charge in [-0.3, -0.25) is 9.89 Å². The first-order valence-corrected chi connectivity index (χ1v) is 8.40. The second-order valence-corrected chi connectivity index (χ2v) is 6.29. The molecular formula is C21H18N4O. The quantitative estimate of drug-likeness (QED) is 0.573. The number of hydrogen-bond donors (Lipinski definition) is 2. The zero-order valence-electron chi connectivity index (χ0n) is 14.6. The molecule has 128 valence electrons. The number of aromatic amines is 1. The van der Waals surface area contributed by atoms with E-state index in [9.17, 15) is 4.79 Å². The third-order valence-electron chi connectivity index (χ3n) is 4.24. The molecule has 0 aliphatic carbocycles. The third kappa shape index (κ3) is 3.07. The van der Waals surface area contributed by atoms with Gasteiger partial charge in [-0.05, 0) is 31.2 Å². The smallest absolute Gasteiger partial charge is 0.221 e. The van der Waals surface area contributed by atoms with Gasteiger partial charge in [-0.15, -0.1) is 0 Å². The molecule has 4 aromatic rings. The lowest BCUT2D eigenvalue weighted by Gasteiger charge is -2.05. The average molecular weight is 342 g/mol. The number of rotatable bonds is 3. The first kappa shape index (κ1) is 16.0. The second kappa shape index (κ2) is 6.44. The van der Waals surface area contributed by atoms with Crippen molar-refractivity contribution in [3.8, 4) is 22.5 Å². The third-order valence-corrected chi connectivity index (χ3v) is 4.24. The molecule has 4 rings (SSSR count). The lowest BCUT2D eigenvalue weighted by molar-refractivity contribution is -0.114. The molecule has 0 saturated heterocycles. The molecule has 5 nitrogen and oxygen atoms in total. The predicted molar refractivity (Wildman–Crippen MR) is 104 cm³/mol. The monoisotopic (exact) mass is 342 g/mol. The molecule has 0 radical (unpaired) electrons. The zero-order chi connectivity index (χ0) is 18.1. The van der Waals surface area contributed by atoms with E-state index in [2.05, 4.69) is 51.7 Å². The van der Waals surface area contributed by atoms with Crippen LogP contribution in [0.25, 0.3) is 33.5 Å². The number of aromatic nitrogens is 3. The molecule has 0 atom stereocenters. The van der Waals surface area contributed by atoms with E-state index in [0.717, 1.165) is 33.6 Å². The number of nitrogens with one attached hydrogen (secondary N) is 2. The van der Waals surface area contributed by atoms with Gasteiger partial charge in [-0.1, -0.05) is 42.0 Å². The second-order valence-electron chi connectivity index (χ2n) is 6.29. The summed E-state index contributed by atoms with van der Waals surface area (Å²) in [6.45, 7) is 3.56. The molecule has 5 heteroatoms. The van der Waals surface area contributed by atoms with Crippen LogP contribution in [0.2, 0.25) is 0 Å². The van der Waals surface area contributed by atoms with E-state index < -0.39 is 0 Å². The molecule has 0 aliphatic heterocycles. The number of carbonyl (C=O) groups is 1. The van der Waals surface area contributed by atoms with Gasteiger partial charge in [-0.2, -0.15) is 5.10 Å². The normalized spacial score (nSPS) is 10.8. The maximum Gasteiger partial charge on any atom is 0.221 e. The Hall–Kier alpha value is -3.47. The first-order valence-electron chi connectivity index (χ1n) is 8.40. The number of hydrogen-bond acceptors (Lipinski definition) is 3. The molecule has 1 amide bonds. The van der Waals surface area contributed by atoms with Gasteiger partial charge in [0.2, 0.25) is 5.91 Å². The van der Waals surface area contributed by atoms with Crippen LogP contribution in [0, 0.1) is 6.92 Å². The molecule has 2 aromatic heterocycles. The van der Waals surface area contributed by atoms with E-state index in [1.165, 1.54) is 12.5 Å². The van der Waals surface area contributed by atoms with Crippen LogP contribution < -0.4 is 5.32 Å². The summed E-state index contributed by atoms with van der Waals surface area (Å²) in [7, 11) is 0. The minimum Gasteiger partial charge on any atom is -0.326 e. The summed E-state index contributed by atoms with van der Waals surface area (Å²) in [6.07, 6.45) is 0. The van der Waals surface area contributed by atoms with Crippen LogP contribution in [-0.2, 0) is 4.79 Å². The van der Waals surface area contributed by atoms with Gasteiger partial charge in [0.05, 0.1) is 11.4 Å². The molecule has 0 bridgehead atoms. The number of benzene rings is 2. The molecule has 2 aromatic carbocycles. The number of nitrogens with zero attached hydrogens (tertiary/aromatic N) is 2. The fourth-order valence-corrected chi connectivity index (χ4v) is 2.96. The predicted octanol–water partition coefficient (Wildman–Crippen LogP) is 4.56. The highest BCUT2D eigenvalue weighted by Gasteiger charge is 2.10. The number of pyridine rings is 1. The summed E-state index contributed by atoms with van der Waals surface area (Å²) in [5, 5.41) is 11.2. The summed E-state index contributed by atoms with van der Waals surface area (Å²) in [6, 6.07) is 19.9. The standard InChI is InChI=1S/C21H18N4O/c1-13-6-8-15(9-7-13)20-18-10-11-19(23-21(18)25-24-20)16-4-3-5-17(12-16)22-14(2)26/h3-12H,1-2H3,(H,22,26)(H,23,24,25). The number of aryl methyl sites for hydroxylation is 1. The Morgan fingerprint density at radius 2 is 1.81 bits per heavy atom. The van der Waals surface area contributed by atoms with Crippen molar-refractivity contribution >= 4 is 22.6 Å². The Kier molecular flexibility index (Phi) is 3.97. The maximum atomic E-state index is 11.3. The van der Waals surface area contributed by atoms with Crippen molar-refractivity contribution in [3.05, 3.63) is 66.2 Å². The molecule has 2 N–H and O–H groups in total. The molecular weight excluding hydrogens is 324 g/mol. The van der Waals surface area contributed by atoms with Crippen molar-refractivity contribution in [1.82, 2.24) is 15.2 Å². The van der Waals surface area contributed by atoms with Gasteiger partial charge in [0, 0.05) is 29.1 Å². The number of fused-ring (bicyclic) bond motifs is 1. The van der Waals surface area contributed by atoms with Crippen LogP contribution in [0.1, 0.15) is 12.5 Å². The van der Waals surface area contributed by atoms with E-state index in [1.807, 2.05) is 36.4 Å². The summed E-state index contributed by atoms with van der Waals surface area (Å²) in [5.74, 6) is -0.0967. The van der Waals surface area contributed by atoms with Crippen molar-refractivity contribution in [2.75, 3.05) is 5.32 Å². The van der Waals surface area contributed by atoms with E-state index in [-0.39, 0.29) is 5.91 Å². The summed E-state index contributed by atoms with van der Waals surface area (Å²) < 4.78 is 0. The minimum atomic E-state index is -0.0967. The molecule has 26 heavy (non-hydrogen) atoms. The molecule has 0 fully saturated rings. The van der Waals surface area contributed by atoms with E-state index >= 15 is 0 Å². The highest BCUT2D eigenvalue weighted by atomic mass is 16.1. The zero-order valence-corrected chi connectivity index (χ0v) is 14.6. The Morgan fingerprint density at radius 3 is 2.58 bits per heavy atom. The number of carbonyl (C=O) groups excluding carboxylic acids is 1. The van der Waals surface area contributed by atoms with Crippen LogP contribution >= 0.6 is 0 Å². The average Bonchev–Trinajstić information content (AvgIpc) is 3.05. The van der Waals surface area contributed by atoms with Crippen molar-refractivity contribution in [1.29, 1.82) is 0 Å². The van der Waals surface area contributed by atoms with Crippen LogP contribution in [-0.4, -0.2) is 21.1 Å². The van der Waals surface area contributed by atoms with E-state index in [4.69, 9.17) is 0 Å². The van der Waals surface area contributed by atoms with E-state index in [0.29, 0.717) is 5.65 Å². The van der Waals surface area contributed by atoms with Gasteiger partial charge in [0.25, 0.3) is 0 Å². The van der Waals surface area contributed by atoms with Gasteiger partial charge >= 0.3 is 0 Å². The highest BCUT2D eigenvalue weighted by molar-refractivity contribution is 5.92. The molecule has 0 unspecified atom stereocenters. The topological polar surface area (TPSA) is 70.7 Å². The number of H-pyrrole nitrogens is 1. The molecule has 2 heterocycles. The lowest BCUT2D eigenvalue weighted by atomic mass is 10.1. The summed E-state index contributed by atoms with van der Waals surface area (Å²) in [5.41, 5.74) is 6.43. The van der Waals surface area contributed by atoms with Gasteiger partial charge in [-0.25, -0.2) is 4.98 Å². The van der Waals surface area contributed by atoms with Crippen molar-refractivity contribution < 1.29 is 4.79 Å². The molecule has 0 aliphatic rings. The van der Waals surface area contributed by atoms with Crippen LogP contribution in [0.4, 0.5) is 5.69 Å². The van der Waals surface area contributed by atoms with Gasteiger partial charge in [0.1, 0.15) is 0 Å². The largest absolute Gasteiger partial charge is 0.326 e. The maximum absolute atomic E-state index is 11.3.